The highest BCUT2D eigenvalue weighted by Gasteiger charge is 2.39. The van der Waals surface area contributed by atoms with E-state index in [4.69, 9.17) is 0 Å². The van der Waals surface area contributed by atoms with Crippen molar-refractivity contribution in [2.45, 2.75) is 59.8 Å². The summed E-state index contributed by atoms with van der Waals surface area (Å²) in [5.74, 6) is 0.998. The smallest absolute Gasteiger partial charge is 0.0109 e. The zero-order valence-electron chi connectivity index (χ0n) is 17.6. The summed E-state index contributed by atoms with van der Waals surface area (Å²) in [6.07, 6.45) is 6.01. The number of hydrogen-bond donors (Lipinski definition) is 0. The summed E-state index contributed by atoms with van der Waals surface area (Å²) in [5.41, 5.74) is 9.44. The van der Waals surface area contributed by atoms with Crippen molar-refractivity contribution in [1.29, 1.82) is 0 Å². The summed E-state index contributed by atoms with van der Waals surface area (Å²) in [6.45, 7) is 14.3. The number of hydrogen-bond acceptors (Lipinski definition) is 0. The first-order valence-corrected chi connectivity index (χ1v) is 10.2. The van der Waals surface area contributed by atoms with E-state index in [9.17, 15) is 0 Å². The molecule has 0 radical (unpaired) electrons. The molecule has 0 fully saturated rings. The van der Waals surface area contributed by atoms with Gasteiger partial charge in [0, 0.05) is 11.8 Å². The summed E-state index contributed by atoms with van der Waals surface area (Å²) in [7, 11) is 0. The number of allylic oxidation sites excluding steroid dienone is 2. The average molecular weight is 357 g/mol. The Hall–Kier alpha value is -2.08. The van der Waals surface area contributed by atoms with E-state index in [0.29, 0.717) is 11.8 Å². The van der Waals surface area contributed by atoms with Gasteiger partial charge in [-0.25, -0.2) is 0 Å². The molecule has 2 aliphatic carbocycles. The Morgan fingerprint density at radius 1 is 0.593 bits per heavy atom. The molecule has 0 saturated heterocycles. The molecule has 4 rings (SSSR count). The van der Waals surface area contributed by atoms with E-state index in [-0.39, 0.29) is 10.8 Å². The molecule has 2 atom stereocenters. The molecule has 2 aromatic rings. The fourth-order valence-corrected chi connectivity index (χ4v) is 5.36. The van der Waals surface area contributed by atoms with Crippen LogP contribution in [0, 0.1) is 10.8 Å². The maximum absolute atomic E-state index is 2.47. The monoisotopic (exact) mass is 356 g/mol. The van der Waals surface area contributed by atoms with E-state index < -0.39 is 0 Å². The van der Waals surface area contributed by atoms with Crippen LogP contribution in [0.4, 0.5) is 0 Å². The van der Waals surface area contributed by atoms with Crippen molar-refractivity contribution < 1.29 is 0 Å². The normalized spacial score (nSPS) is 21.6. The van der Waals surface area contributed by atoms with Gasteiger partial charge in [-0.15, -0.1) is 0 Å². The van der Waals surface area contributed by atoms with E-state index in [2.05, 4.69) is 102 Å². The van der Waals surface area contributed by atoms with Gasteiger partial charge in [0.25, 0.3) is 0 Å². The maximum atomic E-state index is 2.47. The molecule has 2 aliphatic rings. The van der Waals surface area contributed by atoms with Crippen LogP contribution in [0.15, 0.2) is 59.7 Å². The van der Waals surface area contributed by atoms with Gasteiger partial charge >= 0.3 is 0 Å². The topological polar surface area (TPSA) is 0 Å². The van der Waals surface area contributed by atoms with Gasteiger partial charge in [-0.3, -0.25) is 0 Å². The van der Waals surface area contributed by atoms with Gasteiger partial charge in [0.05, 0.1) is 0 Å². The lowest BCUT2D eigenvalue weighted by Gasteiger charge is -2.34. The molecule has 0 amide bonds. The Morgan fingerprint density at radius 3 is 1.33 bits per heavy atom. The highest BCUT2D eigenvalue weighted by Crippen LogP contribution is 2.54. The number of fused-ring (bicyclic) bond motifs is 2. The maximum Gasteiger partial charge on any atom is 0.0109 e. The molecule has 0 heterocycles. The van der Waals surface area contributed by atoms with Crippen LogP contribution in [0.1, 0.15) is 82.1 Å². The van der Waals surface area contributed by atoms with E-state index in [0.717, 1.165) is 6.42 Å². The van der Waals surface area contributed by atoms with Crippen molar-refractivity contribution in [3.8, 4) is 0 Å². The fraction of sp³-hybridized carbons (Fsp3) is 0.407. The molecular weight excluding hydrogens is 324 g/mol. The second-order valence-corrected chi connectivity index (χ2v) is 10.5. The van der Waals surface area contributed by atoms with Crippen molar-refractivity contribution in [2.75, 3.05) is 0 Å². The van der Waals surface area contributed by atoms with E-state index in [1.165, 1.54) is 22.3 Å². The first-order chi connectivity index (χ1) is 12.7. The molecule has 2 aromatic carbocycles. The van der Waals surface area contributed by atoms with E-state index >= 15 is 0 Å². The SMILES string of the molecule is CC(C)(C)C1C(CC2=Cc3ccccc3C2C(C)(C)C)=Cc2ccccc21. The summed E-state index contributed by atoms with van der Waals surface area (Å²) < 4.78 is 0. The van der Waals surface area contributed by atoms with Crippen molar-refractivity contribution >= 4 is 12.2 Å². The zero-order chi connectivity index (χ0) is 19.4. The number of benzene rings is 2. The highest BCUT2D eigenvalue weighted by molar-refractivity contribution is 5.72. The van der Waals surface area contributed by atoms with Gasteiger partial charge in [0.2, 0.25) is 0 Å². The molecule has 0 nitrogen and oxygen atoms in total. The Kier molecular flexibility index (Phi) is 4.22. The van der Waals surface area contributed by atoms with Crippen LogP contribution < -0.4 is 0 Å². The predicted octanol–water partition coefficient (Wildman–Crippen LogP) is 7.83. The quantitative estimate of drug-likeness (QED) is 0.514. The third-order valence-electron chi connectivity index (χ3n) is 6.18. The van der Waals surface area contributed by atoms with E-state index in [1.807, 2.05) is 0 Å². The minimum atomic E-state index is 0.224. The molecule has 0 N–H and O–H groups in total. The van der Waals surface area contributed by atoms with Crippen molar-refractivity contribution in [1.82, 2.24) is 0 Å². The fourth-order valence-electron chi connectivity index (χ4n) is 5.36. The Labute approximate surface area is 165 Å². The van der Waals surface area contributed by atoms with Gasteiger partial charge in [0.15, 0.2) is 0 Å². The Balaban J connectivity index is 1.74. The second kappa shape index (κ2) is 6.23. The largest absolute Gasteiger partial charge is 0.0619 e. The Morgan fingerprint density at radius 2 is 0.963 bits per heavy atom. The van der Waals surface area contributed by atoms with Crippen molar-refractivity contribution in [3.63, 3.8) is 0 Å². The lowest BCUT2D eigenvalue weighted by Crippen LogP contribution is -2.22. The van der Waals surface area contributed by atoms with Gasteiger partial charge in [-0.05, 0) is 39.5 Å². The molecule has 0 spiro atoms. The molecule has 27 heavy (non-hydrogen) atoms. The molecule has 0 bridgehead atoms. The predicted molar refractivity (Wildman–Crippen MR) is 118 cm³/mol. The standard InChI is InChI=1S/C27H32/c1-26(2,3)24-20(15-18-11-7-9-13-22(18)24)17-21-16-19-12-8-10-14-23(19)25(21)27(4,5)6/h7-16,24-25H,17H2,1-6H3. The van der Waals surface area contributed by atoms with Gasteiger partial charge in [-0.2, -0.15) is 0 Å². The summed E-state index contributed by atoms with van der Waals surface area (Å²) in [6, 6.07) is 17.9. The summed E-state index contributed by atoms with van der Waals surface area (Å²) >= 11 is 0. The molecule has 140 valence electrons. The highest BCUT2D eigenvalue weighted by atomic mass is 14.4. The van der Waals surface area contributed by atoms with Gasteiger partial charge in [0.1, 0.15) is 0 Å². The van der Waals surface area contributed by atoms with Crippen LogP contribution in [0.2, 0.25) is 0 Å². The van der Waals surface area contributed by atoms with E-state index in [1.54, 1.807) is 11.1 Å². The minimum absolute atomic E-state index is 0.224. The minimum Gasteiger partial charge on any atom is -0.0619 e. The molecule has 0 heteroatoms. The second-order valence-electron chi connectivity index (χ2n) is 10.5. The first kappa shape index (κ1) is 18.3. The van der Waals surface area contributed by atoms with Crippen LogP contribution in [0.5, 0.6) is 0 Å². The van der Waals surface area contributed by atoms with Crippen LogP contribution in [-0.4, -0.2) is 0 Å². The summed E-state index contributed by atoms with van der Waals surface area (Å²) in [5, 5.41) is 0. The summed E-state index contributed by atoms with van der Waals surface area (Å²) in [4.78, 5) is 0. The third kappa shape index (κ3) is 3.20. The zero-order valence-corrected chi connectivity index (χ0v) is 17.6. The van der Waals surface area contributed by atoms with Crippen LogP contribution >= 0.6 is 0 Å². The molecule has 0 aromatic heterocycles. The van der Waals surface area contributed by atoms with Crippen LogP contribution in [0.25, 0.3) is 12.2 Å². The molecule has 0 saturated carbocycles. The van der Waals surface area contributed by atoms with Crippen LogP contribution in [0.3, 0.4) is 0 Å². The lowest BCUT2D eigenvalue weighted by molar-refractivity contribution is 0.341. The van der Waals surface area contributed by atoms with Crippen molar-refractivity contribution in [3.05, 3.63) is 81.9 Å². The third-order valence-corrected chi connectivity index (χ3v) is 6.18. The average Bonchev–Trinajstić information content (AvgIpc) is 3.11. The number of rotatable bonds is 2. The van der Waals surface area contributed by atoms with Crippen LogP contribution in [-0.2, 0) is 0 Å². The lowest BCUT2D eigenvalue weighted by atomic mass is 9.70. The molecule has 2 unspecified atom stereocenters. The van der Waals surface area contributed by atoms with Gasteiger partial charge in [-0.1, -0.05) is 113 Å². The van der Waals surface area contributed by atoms with Gasteiger partial charge < -0.3 is 0 Å². The first-order valence-electron chi connectivity index (χ1n) is 10.2. The molecule has 0 aliphatic heterocycles. The van der Waals surface area contributed by atoms with Crippen molar-refractivity contribution in [2.24, 2.45) is 10.8 Å². The molecular formula is C27H32. The Bertz CT molecular complexity index is 847.